The summed E-state index contributed by atoms with van der Waals surface area (Å²) < 4.78 is 5.70. The number of nitrogens with one attached hydrogen (secondary N) is 1. The van der Waals surface area contributed by atoms with Crippen LogP contribution in [0.1, 0.15) is 35.1 Å². The molecule has 2 aliphatic rings. The molecule has 25 heavy (non-hydrogen) atoms. The van der Waals surface area contributed by atoms with Crippen LogP contribution in [-0.4, -0.2) is 23.6 Å². The molecule has 1 aliphatic heterocycles. The van der Waals surface area contributed by atoms with E-state index in [1.54, 1.807) is 0 Å². The number of rotatable bonds is 3. The van der Waals surface area contributed by atoms with Crippen molar-refractivity contribution < 1.29 is 19.4 Å². The third kappa shape index (κ3) is 2.86. The molecule has 3 atom stereocenters. The number of hydrogen-bond acceptors (Lipinski definition) is 3. The van der Waals surface area contributed by atoms with Crippen molar-refractivity contribution in [2.45, 2.75) is 24.8 Å². The van der Waals surface area contributed by atoms with Crippen LogP contribution >= 0.6 is 0 Å². The average Bonchev–Trinajstić information content (AvgIpc) is 3.00. The number of benzene rings is 2. The highest BCUT2D eigenvalue weighted by atomic mass is 16.5. The zero-order valence-electron chi connectivity index (χ0n) is 13.6. The van der Waals surface area contributed by atoms with E-state index in [0.29, 0.717) is 19.4 Å². The van der Waals surface area contributed by atoms with Crippen LogP contribution in [0.5, 0.6) is 5.75 Å². The molecule has 0 aromatic heterocycles. The molecule has 0 bridgehead atoms. The molecule has 4 rings (SSSR count). The molecular formula is C20H19NO4. The molecule has 1 amide bonds. The summed E-state index contributed by atoms with van der Waals surface area (Å²) in [5.41, 5.74) is 2.73. The van der Waals surface area contributed by atoms with E-state index in [9.17, 15) is 14.7 Å². The van der Waals surface area contributed by atoms with Gasteiger partial charge in [-0.15, -0.1) is 0 Å². The Morgan fingerprint density at radius 2 is 1.76 bits per heavy atom. The number of aliphatic carboxylic acids is 1. The molecule has 0 saturated heterocycles. The Morgan fingerprint density at radius 1 is 1.04 bits per heavy atom. The Hall–Kier alpha value is -2.82. The molecule has 0 radical (unpaired) electrons. The normalized spacial score (nSPS) is 23.9. The molecule has 2 aromatic carbocycles. The first kappa shape index (κ1) is 15.7. The molecule has 2 aromatic rings. The van der Waals surface area contributed by atoms with Gasteiger partial charge in [0.15, 0.2) is 0 Å². The van der Waals surface area contributed by atoms with Gasteiger partial charge in [0.1, 0.15) is 12.4 Å². The summed E-state index contributed by atoms with van der Waals surface area (Å²) in [5, 5.41) is 12.5. The second-order valence-electron chi connectivity index (χ2n) is 6.64. The van der Waals surface area contributed by atoms with Crippen molar-refractivity contribution in [2.75, 3.05) is 6.61 Å². The lowest BCUT2D eigenvalue weighted by Crippen LogP contribution is -2.38. The number of para-hydroxylation sites is 1. The molecule has 3 unspecified atom stereocenters. The summed E-state index contributed by atoms with van der Waals surface area (Å²) in [6.07, 6.45) is 1.03. The summed E-state index contributed by atoms with van der Waals surface area (Å²) in [4.78, 5) is 24.2. The third-order valence-electron chi connectivity index (χ3n) is 5.08. The third-order valence-corrected chi connectivity index (χ3v) is 5.08. The number of amides is 1. The van der Waals surface area contributed by atoms with Gasteiger partial charge in [0.2, 0.25) is 5.91 Å². The van der Waals surface area contributed by atoms with E-state index in [4.69, 9.17) is 4.74 Å². The number of carbonyl (C=O) groups is 2. The van der Waals surface area contributed by atoms with Crippen LogP contribution in [0, 0.1) is 5.92 Å². The molecule has 2 N–H and O–H groups in total. The van der Waals surface area contributed by atoms with Crippen LogP contribution in [-0.2, 0) is 16.0 Å². The monoisotopic (exact) mass is 337 g/mol. The zero-order chi connectivity index (χ0) is 17.4. The molecule has 1 aliphatic carbocycles. The van der Waals surface area contributed by atoms with Crippen LogP contribution < -0.4 is 10.1 Å². The van der Waals surface area contributed by atoms with Crippen LogP contribution in [0.4, 0.5) is 0 Å². The minimum Gasteiger partial charge on any atom is -0.492 e. The highest BCUT2D eigenvalue weighted by Gasteiger charge is 2.37. The summed E-state index contributed by atoms with van der Waals surface area (Å²) in [6, 6.07) is 14.9. The fraction of sp³-hybridized carbons (Fsp3) is 0.300. The van der Waals surface area contributed by atoms with Gasteiger partial charge in [0.05, 0.1) is 17.9 Å². The van der Waals surface area contributed by atoms with Crippen LogP contribution in [0.3, 0.4) is 0 Å². The van der Waals surface area contributed by atoms with Crippen LogP contribution in [0.2, 0.25) is 0 Å². The first-order valence-electron chi connectivity index (χ1n) is 8.46. The summed E-state index contributed by atoms with van der Waals surface area (Å²) >= 11 is 0. The van der Waals surface area contributed by atoms with Crippen molar-refractivity contribution in [3.05, 3.63) is 65.2 Å². The predicted molar refractivity (Wildman–Crippen MR) is 91.5 cm³/mol. The molecular weight excluding hydrogens is 318 g/mol. The minimum absolute atomic E-state index is 0.0830. The second-order valence-corrected chi connectivity index (χ2v) is 6.64. The maximum atomic E-state index is 12.7. The standard InChI is InChI=1S/C20H19NO4/c22-19(13-9-12-5-1-4-8-18(12)25-11-13)21-17-10-16(20(23)24)14-6-2-3-7-15(14)17/h1-8,13,16-17H,9-11H2,(H,21,22)(H,23,24). The molecule has 0 fully saturated rings. The fourth-order valence-electron chi connectivity index (χ4n) is 3.79. The highest BCUT2D eigenvalue weighted by molar-refractivity contribution is 5.82. The van der Waals surface area contributed by atoms with E-state index in [0.717, 1.165) is 22.4 Å². The van der Waals surface area contributed by atoms with E-state index in [2.05, 4.69) is 5.32 Å². The summed E-state index contributed by atoms with van der Waals surface area (Å²) in [7, 11) is 0. The summed E-state index contributed by atoms with van der Waals surface area (Å²) in [6.45, 7) is 0.347. The first-order valence-corrected chi connectivity index (χ1v) is 8.46. The molecule has 1 heterocycles. The first-order chi connectivity index (χ1) is 12.1. The topological polar surface area (TPSA) is 75.6 Å². The van der Waals surface area contributed by atoms with Crippen LogP contribution in [0.25, 0.3) is 0 Å². The Kier molecular flexibility index (Phi) is 3.92. The quantitative estimate of drug-likeness (QED) is 0.903. The number of carbonyl (C=O) groups excluding carboxylic acids is 1. The van der Waals surface area contributed by atoms with Crippen molar-refractivity contribution in [3.63, 3.8) is 0 Å². The van der Waals surface area contributed by atoms with Gasteiger partial charge in [-0.2, -0.15) is 0 Å². The SMILES string of the molecule is O=C(NC1CC(C(=O)O)c2ccccc21)C1COc2ccccc2C1. The maximum Gasteiger partial charge on any atom is 0.311 e. The molecule has 0 saturated carbocycles. The van der Waals surface area contributed by atoms with Crippen LogP contribution in [0.15, 0.2) is 48.5 Å². The largest absolute Gasteiger partial charge is 0.492 e. The Bertz CT molecular complexity index is 832. The zero-order valence-corrected chi connectivity index (χ0v) is 13.6. The van der Waals surface area contributed by atoms with Gasteiger partial charge < -0.3 is 15.2 Å². The number of ether oxygens (including phenoxy) is 1. The number of carboxylic acid groups (broad SMARTS) is 1. The van der Waals surface area contributed by atoms with Gasteiger partial charge in [-0.05, 0) is 35.6 Å². The Labute approximate surface area is 145 Å². The predicted octanol–water partition coefficient (Wildman–Crippen LogP) is 2.67. The highest BCUT2D eigenvalue weighted by Crippen LogP contribution is 2.40. The van der Waals surface area contributed by atoms with E-state index in [-0.39, 0.29) is 17.9 Å². The molecule has 5 heteroatoms. The van der Waals surface area contributed by atoms with Crippen molar-refractivity contribution in [3.8, 4) is 5.75 Å². The molecule has 128 valence electrons. The van der Waals surface area contributed by atoms with Gasteiger partial charge in [0.25, 0.3) is 0 Å². The Balaban J connectivity index is 1.50. The molecule has 0 spiro atoms. The van der Waals surface area contributed by atoms with E-state index < -0.39 is 11.9 Å². The molecule has 5 nitrogen and oxygen atoms in total. The lowest BCUT2D eigenvalue weighted by molar-refractivity contribution is -0.139. The van der Waals surface area contributed by atoms with E-state index in [1.165, 1.54) is 0 Å². The lowest BCUT2D eigenvalue weighted by Gasteiger charge is -2.26. The maximum absolute atomic E-state index is 12.7. The van der Waals surface area contributed by atoms with Crippen molar-refractivity contribution >= 4 is 11.9 Å². The average molecular weight is 337 g/mol. The fourth-order valence-corrected chi connectivity index (χ4v) is 3.79. The van der Waals surface area contributed by atoms with Crippen molar-refractivity contribution in [1.82, 2.24) is 5.32 Å². The minimum atomic E-state index is -0.848. The van der Waals surface area contributed by atoms with Gasteiger partial charge in [-0.25, -0.2) is 0 Å². The van der Waals surface area contributed by atoms with Gasteiger partial charge in [-0.1, -0.05) is 42.5 Å². The second kappa shape index (κ2) is 6.24. The van der Waals surface area contributed by atoms with Gasteiger partial charge in [0, 0.05) is 0 Å². The van der Waals surface area contributed by atoms with E-state index >= 15 is 0 Å². The Morgan fingerprint density at radius 3 is 2.56 bits per heavy atom. The van der Waals surface area contributed by atoms with Gasteiger partial charge >= 0.3 is 5.97 Å². The lowest BCUT2D eigenvalue weighted by atomic mass is 9.95. The summed E-state index contributed by atoms with van der Waals surface area (Å²) in [5.74, 6) is -0.918. The number of carboxylic acids is 1. The van der Waals surface area contributed by atoms with E-state index in [1.807, 2.05) is 48.5 Å². The number of hydrogen-bond donors (Lipinski definition) is 2. The van der Waals surface area contributed by atoms with Gasteiger partial charge in [-0.3, -0.25) is 9.59 Å². The smallest absolute Gasteiger partial charge is 0.311 e. The van der Waals surface area contributed by atoms with Crippen molar-refractivity contribution in [1.29, 1.82) is 0 Å². The van der Waals surface area contributed by atoms with Crippen molar-refractivity contribution in [2.24, 2.45) is 5.92 Å². The number of fused-ring (bicyclic) bond motifs is 2.